The average molecular weight is 387 g/mol. The average Bonchev–Trinajstić information content (AvgIpc) is 3.17. The summed E-state index contributed by atoms with van der Waals surface area (Å²) in [6, 6.07) is 9.58. The first-order valence-corrected chi connectivity index (χ1v) is 8.43. The SMILES string of the molecule is CC(=O)Nc1cccc(C(=O)OCC(=O)N(C)CC(=O)NCc2ccco2)c1. The predicted octanol–water partition coefficient (Wildman–Crippen LogP) is 1.17. The highest BCUT2D eigenvalue weighted by Crippen LogP contribution is 2.11. The molecule has 0 unspecified atom stereocenters. The Morgan fingerprint density at radius 1 is 1.14 bits per heavy atom. The molecule has 1 aromatic heterocycles. The molecule has 0 fully saturated rings. The van der Waals surface area contributed by atoms with Crippen LogP contribution in [0.3, 0.4) is 0 Å². The van der Waals surface area contributed by atoms with Crippen LogP contribution in [0.15, 0.2) is 47.1 Å². The third-order valence-corrected chi connectivity index (χ3v) is 3.59. The molecule has 3 amide bonds. The first kappa shape index (κ1) is 20.7. The molecule has 0 radical (unpaired) electrons. The number of ether oxygens (including phenoxy) is 1. The Labute approximate surface area is 161 Å². The van der Waals surface area contributed by atoms with Crippen molar-refractivity contribution in [3.8, 4) is 0 Å². The van der Waals surface area contributed by atoms with Gasteiger partial charge in [-0.3, -0.25) is 14.4 Å². The van der Waals surface area contributed by atoms with Crippen molar-refractivity contribution < 1.29 is 28.3 Å². The lowest BCUT2D eigenvalue weighted by Gasteiger charge is -2.16. The van der Waals surface area contributed by atoms with Crippen LogP contribution >= 0.6 is 0 Å². The highest BCUT2D eigenvalue weighted by Gasteiger charge is 2.16. The van der Waals surface area contributed by atoms with E-state index in [1.165, 1.54) is 32.4 Å². The van der Waals surface area contributed by atoms with Crippen LogP contribution in [0.5, 0.6) is 0 Å². The largest absolute Gasteiger partial charge is 0.467 e. The number of rotatable bonds is 8. The van der Waals surface area contributed by atoms with Gasteiger partial charge in [-0.1, -0.05) is 6.07 Å². The van der Waals surface area contributed by atoms with Crippen molar-refractivity contribution in [1.29, 1.82) is 0 Å². The molecule has 28 heavy (non-hydrogen) atoms. The normalized spacial score (nSPS) is 10.1. The van der Waals surface area contributed by atoms with Crippen molar-refractivity contribution in [2.75, 3.05) is 25.5 Å². The van der Waals surface area contributed by atoms with Crippen molar-refractivity contribution in [3.05, 3.63) is 54.0 Å². The molecular weight excluding hydrogens is 366 g/mol. The third-order valence-electron chi connectivity index (χ3n) is 3.59. The molecule has 2 rings (SSSR count). The number of esters is 1. The van der Waals surface area contributed by atoms with Gasteiger partial charge in [0.05, 0.1) is 24.9 Å². The topological polar surface area (TPSA) is 118 Å². The zero-order valence-corrected chi connectivity index (χ0v) is 15.6. The van der Waals surface area contributed by atoms with Gasteiger partial charge in [0.1, 0.15) is 5.76 Å². The van der Waals surface area contributed by atoms with Gasteiger partial charge in [-0.15, -0.1) is 0 Å². The fourth-order valence-electron chi connectivity index (χ4n) is 2.21. The fourth-order valence-corrected chi connectivity index (χ4v) is 2.21. The number of nitrogens with one attached hydrogen (secondary N) is 2. The van der Waals surface area contributed by atoms with E-state index in [1.807, 2.05) is 0 Å². The minimum atomic E-state index is -0.712. The second-order valence-corrected chi connectivity index (χ2v) is 5.94. The van der Waals surface area contributed by atoms with E-state index in [1.54, 1.807) is 24.3 Å². The summed E-state index contributed by atoms with van der Waals surface area (Å²) in [4.78, 5) is 48.2. The number of carbonyl (C=O) groups is 4. The molecule has 0 aliphatic rings. The van der Waals surface area contributed by atoms with Gasteiger partial charge in [-0.05, 0) is 30.3 Å². The molecule has 0 saturated heterocycles. The first-order valence-electron chi connectivity index (χ1n) is 8.43. The Bertz CT molecular complexity index is 847. The fraction of sp³-hybridized carbons (Fsp3) is 0.263. The summed E-state index contributed by atoms with van der Waals surface area (Å²) in [5, 5.41) is 5.17. The molecule has 148 valence electrons. The number of carbonyl (C=O) groups excluding carboxylic acids is 4. The molecule has 2 aromatic rings. The maximum Gasteiger partial charge on any atom is 0.338 e. The van der Waals surface area contributed by atoms with E-state index in [-0.39, 0.29) is 30.5 Å². The molecule has 0 saturated carbocycles. The summed E-state index contributed by atoms with van der Waals surface area (Å²) in [6.07, 6.45) is 1.50. The summed E-state index contributed by atoms with van der Waals surface area (Å²) in [5.41, 5.74) is 0.636. The lowest BCUT2D eigenvalue weighted by Crippen LogP contribution is -2.39. The summed E-state index contributed by atoms with van der Waals surface area (Å²) >= 11 is 0. The quantitative estimate of drug-likeness (QED) is 0.657. The maximum absolute atomic E-state index is 12.1. The summed E-state index contributed by atoms with van der Waals surface area (Å²) in [7, 11) is 1.43. The van der Waals surface area contributed by atoms with Crippen molar-refractivity contribution in [1.82, 2.24) is 10.2 Å². The van der Waals surface area contributed by atoms with Crippen molar-refractivity contribution in [2.45, 2.75) is 13.5 Å². The lowest BCUT2D eigenvalue weighted by atomic mass is 10.2. The molecule has 0 spiro atoms. The number of nitrogens with zero attached hydrogens (tertiary/aromatic N) is 1. The molecule has 0 aliphatic heterocycles. The molecule has 9 heteroatoms. The van der Waals surface area contributed by atoms with Crippen LogP contribution in [-0.4, -0.2) is 48.8 Å². The number of anilines is 1. The minimum Gasteiger partial charge on any atom is -0.467 e. The predicted molar refractivity (Wildman–Crippen MR) is 99.2 cm³/mol. The highest BCUT2D eigenvalue weighted by atomic mass is 16.5. The van der Waals surface area contributed by atoms with Crippen molar-refractivity contribution >= 4 is 29.4 Å². The standard InChI is InChI=1S/C19H21N3O6/c1-13(23)21-15-6-3-5-14(9-15)19(26)28-12-18(25)22(2)11-17(24)20-10-16-7-4-8-27-16/h3-9H,10-12H2,1-2H3,(H,20,24)(H,21,23). The zero-order valence-electron chi connectivity index (χ0n) is 15.6. The van der Waals surface area contributed by atoms with E-state index in [2.05, 4.69) is 10.6 Å². The maximum atomic E-state index is 12.1. The van der Waals surface area contributed by atoms with Gasteiger partial charge in [0, 0.05) is 19.7 Å². The monoisotopic (exact) mass is 387 g/mol. The number of likely N-dealkylation sites (N-methyl/N-ethyl adjacent to an activating group) is 1. The van der Waals surface area contributed by atoms with Crippen LogP contribution in [0.25, 0.3) is 0 Å². The van der Waals surface area contributed by atoms with Crippen LogP contribution < -0.4 is 10.6 Å². The first-order chi connectivity index (χ1) is 13.3. The number of benzene rings is 1. The Balaban J connectivity index is 1.78. The van der Waals surface area contributed by atoms with Gasteiger partial charge < -0.3 is 24.7 Å². The van der Waals surface area contributed by atoms with Crippen LogP contribution in [0.1, 0.15) is 23.0 Å². The van der Waals surface area contributed by atoms with Gasteiger partial charge in [0.15, 0.2) is 6.61 Å². The summed E-state index contributed by atoms with van der Waals surface area (Å²) in [5.74, 6) is -1.29. The molecule has 0 atom stereocenters. The summed E-state index contributed by atoms with van der Waals surface area (Å²) < 4.78 is 10.1. The zero-order chi connectivity index (χ0) is 20.5. The Morgan fingerprint density at radius 2 is 1.93 bits per heavy atom. The second kappa shape index (κ2) is 9.91. The second-order valence-electron chi connectivity index (χ2n) is 5.94. The van der Waals surface area contributed by atoms with Crippen LogP contribution in [0.2, 0.25) is 0 Å². The molecule has 0 aliphatic carbocycles. The molecule has 1 aromatic carbocycles. The molecule has 9 nitrogen and oxygen atoms in total. The number of furan rings is 1. The van der Waals surface area contributed by atoms with E-state index in [0.29, 0.717) is 11.4 Å². The Morgan fingerprint density at radius 3 is 2.61 bits per heavy atom. The molecule has 1 heterocycles. The van der Waals surface area contributed by atoms with Crippen molar-refractivity contribution in [2.24, 2.45) is 0 Å². The van der Waals surface area contributed by atoms with E-state index in [9.17, 15) is 19.2 Å². The van der Waals surface area contributed by atoms with Gasteiger partial charge in [-0.2, -0.15) is 0 Å². The van der Waals surface area contributed by atoms with Crippen LogP contribution in [0.4, 0.5) is 5.69 Å². The van der Waals surface area contributed by atoms with Crippen molar-refractivity contribution in [3.63, 3.8) is 0 Å². The van der Waals surface area contributed by atoms with Gasteiger partial charge >= 0.3 is 5.97 Å². The lowest BCUT2D eigenvalue weighted by molar-refractivity contribution is -0.137. The molecule has 0 bridgehead atoms. The Kier molecular flexibility index (Phi) is 7.32. The smallest absolute Gasteiger partial charge is 0.338 e. The van der Waals surface area contributed by atoms with E-state index in [4.69, 9.17) is 9.15 Å². The van der Waals surface area contributed by atoms with Crippen LogP contribution in [-0.2, 0) is 25.7 Å². The number of hydrogen-bond acceptors (Lipinski definition) is 6. The van der Waals surface area contributed by atoms with E-state index in [0.717, 1.165) is 4.90 Å². The van der Waals surface area contributed by atoms with E-state index >= 15 is 0 Å². The third kappa shape index (κ3) is 6.60. The van der Waals surface area contributed by atoms with E-state index < -0.39 is 18.5 Å². The highest BCUT2D eigenvalue weighted by molar-refractivity contribution is 5.95. The minimum absolute atomic E-state index is 0.185. The Hall–Kier alpha value is -3.62. The molecule has 2 N–H and O–H groups in total. The van der Waals surface area contributed by atoms with Gasteiger partial charge in [-0.25, -0.2) is 4.79 Å². The van der Waals surface area contributed by atoms with Gasteiger partial charge in [0.25, 0.3) is 5.91 Å². The van der Waals surface area contributed by atoms with Crippen LogP contribution in [0, 0.1) is 0 Å². The molecular formula is C19H21N3O6. The van der Waals surface area contributed by atoms with Gasteiger partial charge in [0.2, 0.25) is 11.8 Å². The number of hydrogen-bond donors (Lipinski definition) is 2. The summed E-state index contributed by atoms with van der Waals surface area (Å²) in [6.45, 7) is 0.873. The number of amides is 3.